The summed E-state index contributed by atoms with van der Waals surface area (Å²) < 4.78 is 0. The minimum atomic E-state index is 0.210. The quantitative estimate of drug-likeness (QED) is 0.556. The summed E-state index contributed by atoms with van der Waals surface area (Å²) in [6, 6.07) is 8.59. The maximum atomic E-state index is 12.5. The smallest absolute Gasteiger partial charge is 0.161 e. The van der Waals surface area contributed by atoms with E-state index in [2.05, 4.69) is 38.1 Å². The predicted octanol–water partition coefficient (Wildman–Crippen LogP) is 5.41. The number of unbranched alkanes of at least 4 members (excludes halogenated alkanes) is 1. The topological polar surface area (TPSA) is 43.1 Å². The Labute approximate surface area is 155 Å². The molecule has 0 amide bonds. The number of rotatable bonds is 6. The summed E-state index contributed by atoms with van der Waals surface area (Å²) in [4.78, 5) is 15.2. The Kier molecular flexibility index (Phi) is 5.45. The average molecular weight is 356 g/mol. The molecule has 0 aliphatic heterocycles. The van der Waals surface area contributed by atoms with Gasteiger partial charge in [0.05, 0.1) is 0 Å². The summed E-state index contributed by atoms with van der Waals surface area (Å²) >= 11 is 1.85. The van der Waals surface area contributed by atoms with E-state index in [0.717, 1.165) is 44.2 Å². The Balaban J connectivity index is 2.07. The van der Waals surface area contributed by atoms with E-state index in [0.29, 0.717) is 0 Å². The van der Waals surface area contributed by atoms with Crippen molar-refractivity contribution in [2.45, 2.75) is 59.3 Å². The van der Waals surface area contributed by atoms with Gasteiger partial charge in [-0.15, -0.1) is 11.3 Å². The van der Waals surface area contributed by atoms with Crippen molar-refractivity contribution in [3.63, 3.8) is 0 Å². The molecule has 0 spiro atoms. The molecule has 3 heteroatoms. The highest BCUT2D eigenvalue weighted by atomic mass is 32.1. The average Bonchev–Trinajstić information content (AvgIpc) is 2.93. The first-order valence-corrected chi connectivity index (χ1v) is 10.2. The van der Waals surface area contributed by atoms with Crippen LogP contribution in [0.5, 0.6) is 0 Å². The van der Waals surface area contributed by atoms with Crippen molar-refractivity contribution in [3.05, 3.63) is 45.8 Å². The molecule has 1 aromatic carbocycles. The summed E-state index contributed by atoms with van der Waals surface area (Å²) in [5.41, 5.74) is 10.8. The maximum absolute atomic E-state index is 12.5. The molecule has 0 unspecified atom stereocenters. The zero-order valence-electron chi connectivity index (χ0n) is 15.7. The Bertz CT molecular complexity index is 772. The zero-order valence-corrected chi connectivity index (χ0v) is 16.5. The summed E-state index contributed by atoms with van der Waals surface area (Å²) in [5, 5.41) is 0. The lowest BCUT2D eigenvalue weighted by molar-refractivity contribution is 0.101. The number of ketones is 1. The van der Waals surface area contributed by atoms with E-state index in [9.17, 15) is 4.79 Å². The molecule has 1 aromatic heterocycles. The van der Waals surface area contributed by atoms with Gasteiger partial charge >= 0.3 is 0 Å². The van der Waals surface area contributed by atoms with Gasteiger partial charge in [-0.2, -0.15) is 0 Å². The number of fused-ring (bicyclic) bond motifs is 1. The van der Waals surface area contributed by atoms with Gasteiger partial charge < -0.3 is 5.73 Å². The lowest BCUT2D eigenvalue weighted by Gasteiger charge is -2.29. The molecule has 0 saturated carbocycles. The van der Waals surface area contributed by atoms with E-state index < -0.39 is 0 Å². The molecule has 0 radical (unpaired) electrons. The molecule has 2 N–H and O–H groups in total. The molecule has 0 fully saturated rings. The van der Waals surface area contributed by atoms with Crippen LogP contribution in [-0.2, 0) is 19.3 Å². The molecule has 1 aliphatic carbocycles. The summed E-state index contributed by atoms with van der Waals surface area (Å²) in [6.07, 6.45) is 6.49. The molecule has 2 aromatic rings. The predicted molar refractivity (Wildman–Crippen MR) is 108 cm³/mol. The fourth-order valence-corrected chi connectivity index (χ4v) is 5.33. The molecule has 134 valence electrons. The standard InChI is InChI=1S/C22H29NOS/c1-15(24)20-18-14-22(2,3)12-11-19(18)25-21(20)17-10-5-4-8-16(17)9-6-7-13-23/h4-5,8,10H,6-7,9,11-14,23H2,1-3H3. The van der Waals surface area contributed by atoms with Gasteiger partial charge in [0.25, 0.3) is 0 Å². The summed E-state index contributed by atoms with van der Waals surface area (Å²) in [6.45, 7) is 7.10. The molecule has 3 rings (SSSR count). The normalized spacial score (nSPS) is 15.8. The lowest BCUT2D eigenvalue weighted by atomic mass is 9.75. The van der Waals surface area contributed by atoms with Gasteiger partial charge in [-0.1, -0.05) is 38.1 Å². The SMILES string of the molecule is CC(=O)c1c(-c2ccccc2CCCCN)sc2c1CC(C)(C)CC2. The number of Topliss-reactive ketones (excluding diaryl/α,β-unsaturated/α-hetero) is 1. The van der Waals surface area contributed by atoms with E-state index in [-0.39, 0.29) is 11.2 Å². The Morgan fingerprint density at radius 3 is 2.72 bits per heavy atom. The third-order valence-electron chi connectivity index (χ3n) is 5.29. The van der Waals surface area contributed by atoms with E-state index >= 15 is 0 Å². The number of carbonyl (C=O) groups excluding carboxylic acids is 1. The van der Waals surface area contributed by atoms with Crippen molar-refractivity contribution >= 4 is 17.1 Å². The van der Waals surface area contributed by atoms with Crippen molar-refractivity contribution in [2.75, 3.05) is 6.54 Å². The van der Waals surface area contributed by atoms with Crippen molar-refractivity contribution in [1.29, 1.82) is 0 Å². The molecule has 1 heterocycles. The Morgan fingerprint density at radius 2 is 2.00 bits per heavy atom. The first kappa shape index (κ1) is 18.3. The number of hydrogen-bond acceptors (Lipinski definition) is 3. The molecule has 25 heavy (non-hydrogen) atoms. The van der Waals surface area contributed by atoms with Gasteiger partial charge in [0.2, 0.25) is 0 Å². The van der Waals surface area contributed by atoms with E-state index in [4.69, 9.17) is 5.73 Å². The van der Waals surface area contributed by atoms with Crippen LogP contribution < -0.4 is 5.73 Å². The van der Waals surface area contributed by atoms with E-state index in [1.165, 1.54) is 32.9 Å². The van der Waals surface area contributed by atoms with E-state index in [1.54, 1.807) is 6.92 Å². The largest absolute Gasteiger partial charge is 0.330 e. The van der Waals surface area contributed by atoms with Gasteiger partial charge in [0, 0.05) is 15.3 Å². The zero-order chi connectivity index (χ0) is 18.0. The van der Waals surface area contributed by atoms with Crippen molar-refractivity contribution in [1.82, 2.24) is 0 Å². The van der Waals surface area contributed by atoms with Gasteiger partial charge in [0.1, 0.15) is 0 Å². The Hall–Kier alpha value is -1.45. The molecule has 0 bridgehead atoms. The number of hydrogen-bond donors (Lipinski definition) is 1. The lowest BCUT2D eigenvalue weighted by Crippen LogP contribution is -2.22. The third kappa shape index (κ3) is 3.88. The highest BCUT2D eigenvalue weighted by molar-refractivity contribution is 7.16. The first-order valence-electron chi connectivity index (χ1n) is 9.37. The summed E-state index contributed by atoms with van der Waals surface area (Å²) in [5.74, 6) is 0.210. The maximum Gasteiger partial charge on any atom is 0.161 e. The number of carbonyl (C=O) groups is 1. The number of thiophene rings is 1. The second kappa shape index (κ2) is 7.43. The van der Waals surface area contributed by atoms with Crippen LogP contribution in [0.15, 0.2) is 24.3 Å². The number of benzene rings is 1. The van der Waals surface area contributed by atoms with Crippen molar-refractivity contribution in [2.24, 2.45) is 11.1 Å². The van der Waals surface area contributed by atoms with Crippen LogP contribution >= 0.6 is 11.3 Å². The van der Waals surface area contributed by atoms with Crippen LogP contribution in [-0.4, -0.2) is 12.3 Å². The fraction of sp³-hybridized carbons (Fsp3) is 0.500. The van der Waals surface area contributed by atoms with Crippen LogP contribution in [0.3, 0.4) is 0 Å². The Morgan fingerprint density at radius 1 is 1.24 bits per heavy atom. The van der Waals surface area contributed by atoms with Crippen LogP contribution in [0.4, 0.5) is 0 Å². The minimum Gasteiger partial charge on any atom is -0.330 e. The molecular weight excluding hydrogens is 326 g/mol. The monoisotopic (exact) mass is 355 g/mol. The third-order valence-corrected chi connectivity index (χ3v) is 6.61. The highest BCUT2D eigenvalue weighted by Gasteiger charge is 2.32. The number of aryl methyl sites for hydroxylation is 2. The van der Waals surface area contributed by atoms with Gasteiger partial charge in [-0.05, 0) is 74.1 Å². The van der Waals surface area contributed by atoms with Crippen LogP contribution in [0.2, 0.25) is 0 Å². The minimum absolute atomic E-state index is 0.210. The molecule has 2 nitrogen and oxygen atoms in total. The molecule has 0 saturated heterocycles. The first-order chi connectivity index (χ1) is 11.9. The molecule has 1 aliphatic rings. The van der Waals surface area contributed by atoms with Crippen LogP contribution in [0.1, 0.15) is 66.4 Å². The molecule has 0 atom stereocenters. The van der Waals surface area contributed by atoms with Crippen LogP contribution in [0, 0.1) is 5.41 Å². The van der Waals surface area contributed by atoms with Gasteiger partial charge in [-0.25, -0.2) is 0 Å². The van der Waals surface area contributed by atoms with Crippen molar-refractivity contribution in [3.8, 4) is 10.4 Å². The van der Waals surface area contributed by atoms with E-state index in [1.807, 2.05) is 11.3 Å². The highest BCUT2D eigenvalue weighted by Crippen LogP contribution is 2.46. The van der Waals surface area contributed by atoms with Gasteiger partial charge in [-0.3, -0.25) is 4.79 Å². The van der Waals surface area contributed by atoms with Gasteiger partial charge in [0.15, 0.2) is 5.78 Å². The second-order valence-corrected chi connectivity index (χ2v) is 9.11. The fourth-order valence-electron chi connectivity index (χ4n) is 3.90. The molecular formula is C22H29NOS. The second-order valence-electron chi connectivity index (χ2n) is 8.01. The van der Waals surface area contributed by atoms with Crippen molar-refractivity contribution < 1.29 is 4.79 Å². The number of nitrogens with two attached hydrogens (primary N) is 1. The summed E-state index contributed by atoms with van der Waals surface area (Å²) in [7, 11) is 0. The van der Waals surface area contributed by atoms with Crippen LogP contribution in [0.25, 0.3) is 10.4 Å².